The predicted octanol–water partition coefficient (Wildman–Crippen LogP) is 4.74. The zero-order valence-corrected chi connectivity index (χ0v) is 15.9. The summed E-state index contributed by atoms with van der Waals surface area (Å²) in [5.74, 6) is -0.195. The minimum atomic E-state index is -0.546. The number of halogens is 2. The Hall–Kier alpha value is -3.33. The fraction of sp³-hybridized carbons (Fsp3) is 0.0526. The van der Waals surface area contributed by atoms with Crippen molar-refractivity contribution in [2.45, 2.75) is 6.04 Å². The van der Waals surface area contributed by atoms with Crippen molar-refractivity contribution >= 4 is 33.2 Å². The molecule has 0 aliphatic rings. The molecule has 0 spiro atoms. The molecule has 1 N–H and O–H groups in total. The topological polar surface area (TPSA) is 85.4 Å². The van der Waals surface area contributed by atoms with Crippen LogP contribution in [-0.2, 0) is 0 Å². The van der Waals surface area contributed by atoms with E-state index >= 15 is 0 Å². The lowest BCUT2D eigenvalue weighted by Crippen LogP contribution is -2.14. The van der Waals surface area contributed by atoms with E-state index in [1.165, 1.54) is 12.1 Å². The van der Waals surface area contributed by atoms with Gasteiger partial charge in [-0.25, -0.2) is 9.37 Å². The number of nitro groups is 1. The predicted molar refractivity (Wildman–Crippen MR) is 106 cm³/mol. The number of anilines is 1. The van der Waals surface area contributed by atoms with Gasteiger partial charge in [0.15, 0.2) is 5.82 Å². The standard InChI is InChI=1S/C19H13BrFN5O2/c20-14-5-1-3-12(9-14)19(13-4-2-6-15(21)10-13)23-16-7-8-17-22-11-18(26(27)28)25(17)24-16/h1-11,19H,(H,23,24). The summed E-state index contributed by atoms with van der Waals surface area (Å²) in [7, 11) is 0. The first-order chi connectivity index (χ1) is 13.5. The zero-order valence-electron chi connectivity index (χ0n) is 14.3. The van der Waals surface area contributed by atoms with Gasteiger partial charge in [0.2, 0.25) is 5.65 Å². The molecule has 0 fully saturated rings. The highest BCUT2D eigenvalue weighted by molar-refractivity contribution is 9.10. The number of nitrogens with zero attached hydrogens (tertiary/aromatic N) is 4. The lowest BCUT2D eigenvalue weighted by molar-refractivity contribution is -0.391. The van der Waals surface area contributed by atoms with Crippen molar-refractivity contribution in [2.24, 2.45) is 0 Å². The summed E-state index contributed by atoms with van der Waals surface area (Å²) in [6.07, 6.45) is 1.16. The van der Waals surface area contributed by atoms with Crippen molar-refractivity contribution in [3.8, 4) is 0 Å². The molecular weight excluding hydrogens is 429 g/mol. The van der Waals surface area contributed by atoms with Crippen molar-refractivity contribution in [1.82, 2.24) is 14.6 Å². The van der Waals surface area contributed by atoms with Gasteiger partial charge in [-0.3, -0.25) is 0 Å². The van der Waals surface area contributed by atoms with E-state index in [0.717, 1.165) is 20.7 Å². The summed E-state index contributed by atoms with van der Waals surface area (Å²) < 4.78 is 15.9. The SMILES string of the molecule is O=[N+]([O-])c1cnc2ccc(NC(c3cccc(F)c3)c3cccc(Br)c3)nn12. The van der Waals surface area contributed by atoms with Gasteiger partial charge in [0, 0.05) is 10.5 Å². The molecule has 0 saturated heterocycles. The Morgan fingerprint density at radius 3 is 2.57 bits per heavy atom. The molecule has 0 aliphatic carbocycles. The Bertz CT molecular complexity index is 1130. The third kappa shape index (κ3) is 3.56. The van der Waals surface area contributed by atoms with Crippen LogP contribution >= 0.6 is 15.9 Å². The molecule has 0 bridgehead atoms. The minimum absolute atomic E-state index is 0.233. The Balaban J connectivity index is 1.78. The van der Waals surface area contributed by atoms with E-state index < -0.39 is 11.0 Å². The van der Waals surface area contributed by atoms with Crippen LogP contribution in [0, 0.1) is 15.9 Å². The molecule has 2 aromatic carbocycles. The first-order valence-electron chi connectivity index (χ1n) is 8.28. The van der Waals surface area contributed by atoms with Gasteiger partial charge in [0.05, 0.1) is 6.04 Å². The average molecular weight is 442 g/mol. The molecule has 0 amide bonds. The molecule has 1 unspecified atom stereocenters. The van der Waals surface area contributed by atoms with Gasteiger partial charge in [0.25, 0.3) is 0 Å². The number of aromatic nitrogens is 3. The van der Waals surface area contributed by atoms with Crippen LogP contribution in [0.25, 0.3) is 5.65 Å². The van der Waals surface area contributed by atoms with Crippen molar-refractivity contribution in [2.75, 3.05) is 5.32 Å². The molecule has 4 rings (SSSR count). The summed E-state index contributed by atoms with van der Waals surface area (Å²) in [5, 5.41) is 18.7. The largest absolute Gasteiger partial charge is 0.368 e. The maximum Gasteiger partial charge on any atom is 0.368 e. The first-order valence-corrected chi connectivity index (χ1v) is 9.07. The lowest BCUT2D eigenvalue weighted by atomic mass is 9.98. The van der Waals surface area contributed by atoms with Crippen LogP contribution in [0.1, 0.15) is 17.2 Å². The quantitative estimate of drug-likeness (QED) is 0.357. The van der Waals surface area contributed by atoms with Crippen molar-refractivity contribution in [1.29, 1.82) is 0 Å². The van der Waals surface area contributed by atoms with E-state index in [1.807, 2.05) is 24.3 Å². The fourth-order valence-electron chi connectivity index (χ4n) is 2.94. The van der Waals surface area contributed by atoms with Crippen LogP contribution in [0.3, 0.4) is 0 Å². The molecule has 7 nitrogen and oxygen atoms in total. The van der Waals surface area contributed by atoms with Gasteiger partial charge in [-0.15, -0.1) is 0 Å². The normalized spacial score (nSPS) is 12.1. The number of fused-ring (bicyclic) bond motifs is 1. The highest BCUT2D eigenvalue weighted by Crippen LogP contribution is 2.28. The van der Waals surface area contributed by atoms with E-state index in [2.05, 4.69) is 31.3 Å². The molecule has 2 aromatic heterocycles. The molecule has 4 aromatic rings. The molecular formula is C19H13BrFN5O2. The smallest absolute Gasteiger partial charge is 0.358 e. The van der Waals surface area contributed by atoms with Gasteiger partial charge in [-0.05, 0) is 46.4 Å². The fourth-order valence-corrected chi connectivity index (χ4v) is 3.36. The van der Waals surface area contributed by atoms with Crippen LogP contribution in [0.15, 0.2) is 71.3 Å². The van der Waals surface area contributed by atoms with Gasteiger partial charge in [-0.2, -0.15) is 0 Å². The van der Waals surface area contributed by atoms with Gasteiger partial charge < -0.3 is 15.4 Å². The van der Waals surface area contributed by atoms with Crippen molar-refractivity contribution < 1.29 is 9.31 Å². The molecule has 2 heterocycles. The summed E-state index contributed by atoms with van der Waals surface area (Å²) in [6, 6.07) is 16.7. The van der Waals surface area contributed by atoms with E-state index in [0.29, 0.717) is 17.0 Å². The Kier molecular flexibility index (Phi) is 4.74. The van der Waals surface area contributed by atoms with Crippen molar-refractivity contribution in [3.05, 3.63) is 98.4 Å². The number of hydrogen-bond acceptors (Lipinski definition) is 5. The molecule has 0 aliphatic heterocycles. The van der Waals surface area contributed by atoms with E-state index in [1.54, 1.807) is 24.3 Å². The van der Waals surface area contributed by atoms with E-state index in [-0.39, 0.29) is 11.6 Å². The molecule has 9 heteroatoms. The van der Waals surface area contributed by atoms with Crippen LogP contribution < -0.4 is 5.32 Å². The zero-order chi connectivity index (χ0) is 19.7. The lowest BCUT2D eigenvalue weighted by Gasteiger charge is -2.20. The van der Waals surface area contributed by atoms with E-state index in [4.69, 9.17) is 0 Å². The molecule has 140 valence electrons. The maximum atomic E-state index is 13.8. The van der Waals surface area contributed by atoms with Crippen LogP contribution in [0.4, 0.5) is 16.0 Å². The monoisotopic (exact) mass is 441 g/mol. The summed E-state index contributed by atoms with van der Waals surface area (Å²) in [6.45, 7) is 0. The van der Waals surface area contributed by atoms with Gasteiger partial charge in [0.1, 0.15) is 12.0 Å². The highest BCUT2D eigenvalue weighted by Gasteiger charge is 2.19. The summed E-state index contributed by atoms with van der Waals surface area (Å²) >= 11 is 3.45. The van der Waals surface area contributed by atoms with Gasteiger partial charge >= 0.3 is 5.82 Å². The second kappa shape index (κ2) is 7.35. The second-order valence-electron chi connectivity index (χ2n) is 6.05. The first kappa shape index (κ1) is 18.1. The number of rotatable bonds is 5. The number of hydrogen-bond donors (Lipinski definition) is 1. The van der Waals surface area contributed by atoms with Crippen LogP contribution in [0.2, 0.25) is 0 Å². The maximum absolute atomic E-state index is 13.8. The second-order valence-corrected chi connectivity index (χ2v) is 6.97. The Morgan fingerprint density at radius 1 is 1.11 bits per heavy atom. The summed E-state index contributed by atoms with van der Waals surface area (Å²) in [5.41, 5.74) is 1.93. The van der Waals surface area contributed by atoms with Crippen LogP contribution in [0.5, 0.6) is 0 Å². The van der Waals surface area contributed by atoms with E-state index in [9.17, 15) is 14.5 Å². The van der Waals surface area contributed by atoms with Gasteiger partial charge in [-0.1, -0.05) is 49.8 Å². The van der Waals surface area contributed by atoms with Crippen LogP contribution in [-0.4, -0.2) is 19.5 Å². The third-order valence-electron chi connectivity index (χ3n) is 4.19. The highest BCUT2D eigenvalue weighted by atomic mass is 79.9. The van der Waals surface area contributed by atoms with Crippen molar-refractivity contribution in [3.63, 3.8) is 0 Å². The number of imidazole rings is 1. The molecule has 0 saturated carbocycles. The third-order valence-corrected chi connectivity index (χ3v) is 4.68. The Morgan fingerprint density at radius 2 is 1.86 bits per heavy atom. The molecule has 0 radical (unpaired) electrons. The minimum Gasteiger partial charge on any atom is -0.358 e. The molecule has 1 atom stereocenters. The average Bonchev–Trinajstić information content (AvgIpc) is 3.09. The summed E-state index contributed by atoms with van der Waals surface area (Å²) in [4.78, 5) is 14.6. The number of nitrogens with one attached hydrogen (secondary N) is 1. The Labute approximate surface area is 167 Å². The number of benzene rings is 2. The molecule has 28 heavy (non-hydrogen) atoms.